The highest BCUT2D eigenvalue weighted by Crippen LogP contribution is 2.15. The van der Waals surface area contributed by atoms with E-state index in [1.165, 1.54) is 0 Å². The van der Waals surface area contributed by atoms with E-state index in [-0.39, 0.29) is 18.5 Å². The van der Waals surface area contributed by atoms with Crippen molar-refractivity contribution < 1.29 is 9.90 Å². The summed E-state index contributed by atoms with van der Waals surface area (Å²) < 4.78 is 0. The lowest BCUT2D eigenvalue weighted by Gasteiger charge is -2.26. The Hall–Kier alpha value is -2.33. The lowest BCUT2D eigenvalue weighted by Crippen LogP contribution is -2.41. The number of benzene rings is 2. The maximum Gasteiger partial charge on any atom is 0.239 e. The monoisotopic (exact) mass is 312 g/mol. The Labute approximate surface area is 137 Å². The van der Waals surface area contributed by atoms with Crippen LogP contribution < -0.4 is 10.2 Å². The quantitative estimate of drug-likeness (QED) is 0.826. The largest absolute Gasteiger partial charge is 0.392 e. The molecule has 0 heterocycles. The lowest BCUT2D eigenvalue weighted by atomic mass is 10.1. The Kier molecular flexibility index (Phi) is 6.18. The smallest absolute Gasteiger partial charge is 0.239 e. The number of aliphatic hydroxyl groups excluding tert-OH is 1. The molecule has 2 atom stereocenters. The standard InChI is InChI=1S/C19H24N2O2/c1-15(22)13-21(18-11-7-4-8-12-18)14-19(23)20-16(2)17-9-5-3-6-10-17/h3-12,15-16,22H,13-14H2,1-2H3,(H,20,23)/t15-,16-/m0/s1. The molecule has 0 saturated heterocycles. The summed E-state index contributed by atoms with van der Waals surface area (Å²) in [7, 11) is 0. The normalized spacial score (nSPS) is 13.2. The fourth-order valence-electron chi connectivity index (χ4n) is 2.50. The zero-order valence-corrected chi connectivity index (χ0v) is 13.6. The molecule has 0 aliphatic rings. The molecule has 23 heavy (non-hydrogen) atoms. The number of hydrogen-bond acceptors (Lipinski definition) is 3. The fourth-order valence-corrected chi connectivity index (χ4v) is 2.50. The molecular formula is C19H24N2O2. The van der Waals surface area contributed by atoms with Crippen LogP contribution in [0.15, 0.2) is 60.7 Å². The van der Waals surface area contributed by atoms with Crippen molar-refractivity contribution in [3.8, 4) is 0 Å². The van der Waals surface area contributed by atoms with Crippen molar-refractivity contribution >= 4 is 11.6 Å². The molecule has 1 amide bonds. The van der Waals surface area contributed by atoms with Gasteiger partial charge in [0.2, 0.25) is 5.91 Å². The molecule has 0 spiro atoms. The highest BCUT2D eigenvalue weighted by molar-refractivity contribution is 5.81. The van der Waals surface area contributed by atoms with Crippen LogP contribution in [0, 0.1) is 0 Å². The van der Waals surface area contributed by atoms with Crippen molar-refractivity contribution in [3.05, 3.63) is 66.2 Å². The summed E-state index contributed by atoms with van der Waals surface area (Å²) in [5.41, 5.74) is 2.00. The second-order valence-corrected chi connectivity index (χ2v) is 5.76. The molecule has 0 saturated carbocycles. The van der Waals surface area contributed by atoms with E-state index < -0.39 is 6.10 Å². The molecule has 0 unspecified atom stereocenters. The van der Waals surface area contributed by atoms with Crippen molar-refractivity contribution in [2.45, 2.75) is 26.0 Å². The molecule has 0 aromatic heterocycles. The van der Waals surface area contributed by atoms with Crippen LogP contribution in [0.2, 0.25) is 0 Å². The molecule has 0 radical (unpaired) electrons. The highest BCUT2D eigenvalue weighted by Gasteiger charge is 2.15. The molecule has 2 aromatic rings. The maximum absolute atomic E-state index is 12.4. The second-order valence-electron chi connectivity index (χ2n) is 5.76. The molecule has 2 rings (SSSR count). The number of nitrogens with one attached hydrogen (secondary N) is 1. The molecule has 2 aromatic carbocycles. The lowest BCUT2D eigenvalue weighted by molar-refractivity contribution is -0.120. The van der Waals surface area contributed by atoms with Crippen LogP contribution >= 0.6 is 0 Å². The van der Waals surface area contributed by atoms with Crippen molar-refractivity contribution in [1.29, 1.82) is 0 Å². The van der Waals surface area contributed by atoms with E-state index >= 15 is 0 Å². The summed E-state index contributed by atoms with van der Waals surface area (Å²) in [4.78, 5) is 14.2. The molecule has 4 nitrogen and oxygen atoms in total. The van der Waals surface area contributed by atoms with Gasteiger partial charge in [0.15, 0.2) is 0 Å². The van der Waals surface area contributed by atoms with Gasteiger partial charge in [0, 0.05) is 12.2 Å². The number of amides is 1. The predicted octanol–water partition coefficient (Wildman–Crippen LogP) is 2.75. The zero-order valence-electron chi connectivity index (χ0n) is 13.6. The zero-order chi connectivity index (χ0) is 16.7. The number of aliphatic hydroxyl groups is 1. The van der Waals surface area contributed by atoms with Gasteiger partial charge in [-0.3, -0.25) is 4.79 Å². The SMILES string of the molecule is C[C@H](O)CN(CC(=O)N[C@@H](C)c1ccccc1)c1ccccc1. The van der Waals surface area contributed by atoms with Gasteiger partial charge in [-0.15, -0.1) is 0 Å². The second kappa shape index (κ2) is 8.34. The summed E-state index contributed by atoms with van der Waals surface area (Å²) in [6, 6.07) is 19.5. The number of nitrogens with zero attached hydrogens (tertiary/aromatic N) is 1. The van der Waals surface area contributed by atoms with Crippen LogP contribution in [-0.4, -0.2) is 30.2 Å². The molecule has 0 bridgehead atoms. The van der Waals surface area contributed by atoms with E-state index in [0.29, 0.717) is 6.54 Å². The number of hydrogen-bond donors (Lipinski definition) is 2. The van der Waals surface area contributed by atoms with Crippen molar-refractivity contribution in [1.82, 2.24) is 5.32 Å². The summed E-state index contributed by atoms with van der Waals surface area (Å²) in [6.45, 7) is 4.32. The summed E-state index contributed by atoms with van der Waals surface area (Å²) in [6.07, 6.45) is -0.505. The van der Waals surface area contributed by atoms with Gasteiger partial charge in [-0.1, -0.05) is 48.5 Å². The van der Waals surface area contributed by atoms with Gasteiger partial charge < -0.3 is 15.3 Å². The number of anilines is 1. The average molecular weight is 312 g/mol. The molecule has 0 aliphatic carbocycles. The van der Waals surface area contributed by atoms with Gasteiger partial charge in [0.25, 0.3) is 0 Å². The fraction of sp³-hybridized carbons (Fsp3) is 0.316. The Morgan fingerprint density at radius 1 is 1.04 bits per heavy atom. The van der Waals surface area contributed by atoms with E-state index in [4.69, 9.17) is 0 Å². The minimum absolute atomic E-state index is 0.0483. The molecule has 4 heteroatoms. The van der Waals surface area contributed by atoms with Crippen LogP contribution in [0.1, 0.15) is 25.5 Å². The van der Waals surface area contributed by atoms with Crippen molar-refractivity contribution in [2.75, 3.05) is 18.0 Å². The average Bonchev–Trinajstić information content (AvgIpc) is 2.55. The van der Waals surface area contributed by atoms with E-state index in [9.17, 15) is 9.90 Å². The first kappa shape index (κ1) is 17.0. The molecule has 0 fully saturated rings. The highest BCUT2D eigenvalue weighted by atomic mass is 16.3. The van der Waals surface area contributed by atoms with Crippen LogP contribution in [0.5, 0.6) is 0 Å². The van der Waals surface area contributed by atoms with E-state index in [2.05, 4.69) is 5.32 Å². The molecule has 2 N–H and O–H groups in total. The minimum Gasteiger partial charge on any atom is -0.392 e. The van der Waals surface area contributed by atoms with Gasteiger partial charge in [-0.05, 0) is 31.5 Å². The third-order valence-electron chi connectivity index (χ3n) is 3.62. The third kappa shape index (κ3) is 5.42. The summed E-state index contributed by atoms with van der Waals surface area (Å²) in [5.74, 6) is -0.0640. The van der Waals surface area contributed by atoms with E-state index in [1.54, 1.807) is 6.92 Å². The maximum atomic E-state index is 12.4. The van der Waals surface area contributed by atoms with Crippen LogP contribution in [0.3, 0.4) is 0 Å². The van der Waals surface area contributed by atoms with Crippen LogP contribution in [0.4, 0.5) is 5.69 Å². The van der Waals surface area contributed by atoms with E-state index in [0.717, 1.165) is 11.3 Å². The topological polar surface area (TPSA) is 52.6 Å². The number of carbonyl (C=O) groups is 1. The first-order valence-electron chi connectivity index (χ1n) is 7.88. The predicted molar refractivity (Wildman–Crippen MR) is 93.3 cm³/mol. The molecular weight excluding hydrogens is 288 g/mol. The Morgan fingerprint density at radius 2 is 1.61 bits per heavy atom. The first-order chi connectivity index (χ1) is 11.1. The van der Waals surface area contributed by atoms with Gasteiger partial charge in [0.05, 0.1) is 18.7 Å². The Balaban J connectivity index is 2.00. The van der Waals surface area contributed by atoms with Gasteiger partial charge >= 0.3 is 0 Å². The number of rotatable bonds is 7. The van der Waals surface area contributed by atoms with Crippen LogP contribution in [-0.2, 0) is 4.79 Å². The first-order valence-corrected chi connectivity index (χ1v) is 7.88. The summed E-state index contributed by atoms with van der Waals surface area (Å²) >= 11 is 0. The van der Waals surface area contributed by atoms with E-state index in [1.807, 2.05) is 72.5 Å². The number of para-hydroxylation sites is 1. The Bertz CT molecular complexity index is 599. The van der Waals surface area contributed by atoms with Gasteiger partial charge in [0.1, 0.15) is 0 Å². The number of carbonyl (C=O) groups excluding carboxylic acids is 1. The van der Waals surface area contributed by atoms with Crippen molar-refractivity contribution in [2.24, 2.45) is 0 Å². The minimum atomic E-state index is -0.505. The van der Waals surface area contributed by atoms with Crippen LogP contribution in [0.25, 0.3) is 0 Å². The molecule has 0 aliphatic heterocycles. The van der Waals surface area contributed by atoms with Gasteiger partial charge in [-0.2, -0.15) is 0 Å². The molecule has 122 valence electrons. The van der Waals surface area contributed by atoms with Gasteiger partial charge in [-0.25, -0.2) is 0 Å². The van der Waals surface area contributed by atoms with Crippen molar-refractivity contribution in [3.63, 3.8) is 0 Å². The third-order valence-corrected chi connectivity index (χ3v) is 3.62. The Morgan fingerprint density at radius 3 is 2.17 bits per heavy atom. The summed E-state index contributed by atoms with van der Waals surface area (Å²) in [5, 5.41) is 12.7.